The van der Waals surface area contributed by atoms with E-state index in [0.717, 1.165) is 5.56 Å². The molecule has 136 valence electrons. The largest absolute Gasteiger partial charge is 0.366 e. The zero-order chi connectivity index (χ0) is 19.5. The summed E-state index contributed by atoms with van der Waals surface area (Å²) in [5.74, 6) is -0.721. The van der Waals surface area contributed by atoms with Crippen molar-refractivity contribution in [3.8, 4) is 11.3 Å². The Morgan fingerprint density at radius 2 is 1.61 bits per heavy atom. The minimum absolute atomic E-state index is 0.176. The molecule has 0 fully saturated rings. The topological polar surface area (TPSA) is 98.0 Å². The van der Waals surface area contributed by atoms with Crippen molar-refractivity contribution in [2.24, 2.45) is 5.73 Å². The van der Waals surface area contributed by atoms with Gasteiger partial charge in [-0.25, -0.2) is 4.98 Å². The van der Waals surface area contributed by atoms with Crippen molar-refractivity contribution in [2.45, 2.75) is 0 Å². The summed E-state index contributed by atoms with van der Waals surface area (Å²) in [6.07, 6.45) is 1.64. The number of aromatic nitrogens is 2. The van der Waals surface area contributed by atoms with Gasteiger partial charge in [0.1, 0.15) is 5.52 Å². The molecule has 0 aliphatic heterocycles. The molecule has 0 saturated carbocycles. The Balaban J connectivity index is 1.61. The lowest BCUT2D eigenvalue weighted by Gasteiger charge is -2.08. The summed E-state index contributed by atoms with van der Waals surface area (Å²) in [4.78, 5) is 32.8. The van der Waals surface area contributed by atoms with E-state index in [1.807, 2.05) is 30.3 Å². The van der Waals surface area contributed by atoms with Crippen molar-refractivity contribution in [1.82, 2.24) is 9.97 Å². The van der Waals surface area contributed by atoms with E-state index in [2.05, 4.69) is 15.3 Å². The number of nitrogens with one attached hydrogen (secondary N) is 1. The average molecular weight is 368 g/mol. The summed E-state index contributed by atoms with van der Waals surface area (Å²) in [6.45, 7) is 0. The molecule has 28 heavy (non-hydrogen) atoms. The monoisotopic (exact) mass is 368 g/mol. The van der Waals surface area contributed by atoms with Crippen LogP contribution in [0.1, 0.15) is 20.7 Å². The molecule has 0 unspecified atom stereocenters. The van der Waals surface area contributed by atoms with Gasteiger partial charge in [-0.05, 0) is 36.4 Å². The second-order valence-electron chi connectivity index (χ2n) is 6.19. The van der Waals surface area contributed by atoms with Crippen LogP contribution < -0.4 is 11.1 Å². The molecule has 3 aromatic carbocycles. The van der Waals surface area contributed by atoms with E-state index in [1.165, 1.54) is 0 Å². The second-order valence-corrected chi connectivity index (χ2v) is 6.19. The quantitative estimate of drug-likeness (QED) is 0.574. The highest BCUT2D eigenvalue weighted by Gasteiger charge is 2.11. The molecule has 0 aliphatic rings. The number of hydrogen-bond acceptors (Lipinski definition) is 4. The standard InChI is InChI=1S/C22H16N4O2/c23-21(27)17-7-4-8-18-20(17)26-19(13-24-18)14-9-11-16(12-10-14)25-22(28)15-5-2-1-3-6-15/h1-13H,(H2,23,27)(H,25,28). The summed E-state index contributed by atoms with van der Waals surface area (Å²) in [6, 6.07) is 21.4. The van der Waals surface area contributed by atoms with Gasteiger partial charge in [0.15, 0.2) is 0 Å². The second kappa shape index (κ2) is 7.28. The van der Waals surface area contributed by atoms with Crippen LogP contribution in [-0.4, -0.2) is 21.8 Å². The highest BCUT2D eigenvalue weighted by Crippen LogP contribution is 2.23. The molecule has 1 heterocycles. The fourth-order valence-electron chi connectivity index (χ4n) is 2.89. The first-order valence-corrected chi connectivity index (χ1v) is 8.64. The highest BCUT2D eigenvalue weighted by atomic mass is 16.2. The van der Waals surface area contributed by atoms with Crippen LogP contribution in [-0.2, 0) is 0 Å². The van der Waals surface area contributed by atoms with Gasteiger partial charge in [-0.15, -0.1) is 0 Å². The molecule has 0 spiro atoms. The molecule has 0 bridgehead atoms. The van der Waals surface area contributed by atoms with Crippen LogP contribution in [0.25, 0.3) is 22.3 Å². The van der Waals surface area contributed by atoms with Gasteiger partial charge in [-0.3, -0.25) is 14.6 Å². The van der Waals surface area contributed by atoms with Crippen molar-refractivity contribution in [3.05, 3.63) is 90.1 Å². The molecule has 0 saturated heterocycles. The minimum Gasteiger partial charge on any atom is -0.366 e. The molecule has 6 heteroatoms. The van der Waals surface area contributed by atoms with E-state index in [1.54, 1.807) is 48.7 Å². The molecule has 6 nitrogen and oxygen atoms in total. The van der Waals surface area contributed by atoms with Crippen LogP contribution in [0.15, 0.2) is 79.0 Å². The summed E-state index contributed by atoms with van der Waals surface area (Å²) in [7, 11) is 0. The summed E-state index contributed by atoms with van der Waals surface area (Å²) in [5.41, 5.74) is 9.52. The Bertz CT molecular complexity index is 1170. The Labute approximate surface area is 161 Å². The lowest BCUT2D eigenvalue weighted by Crippen LogP contribution is -2.12. The maximum Gasteiger partial charge on any atom is 0.255 e. The third kappa shape index (κ3) is 3.43. The molecular formula is C22H16N4O2. The Morgan fingerprint density at radius 3 is 2.32 bits per heavy atom. The number of hydrogen-bond donors (Lipinski definition) is 2. The first kappa shape index (κ1) is 17.4. The minimum atomic E-state index is -0.545. The van der Waals surface area contributed by atoms with Crippen molar-refractivity contribution in [1.29, 1.82) is 0 Å². The fourth-order valence-corrected chi connectivity index (χ4v) is 2.89. The lowest BCUT2D eigenvalue weighted by atomic mass is 10.1. The van der Waals surface area contributed by atoms with Crippen molar-refractivity contribution < 1.29 is 9.59 Å². The van der Waals surface area contributed by atoms with Gasteiger partial charge in [0, 0.05) is 16.8 Å². The zero-order valence-electron chi connectivity index (χ0n) is 14.8. The summed E-state index contributed by atoms with van der Waals surface area (Å²) in [5, 5.41) is 2.85. The van der Waals surface area contributed by atoms with Gasteiger partial charge < -0.3 is 11.1 Å². The molecule has 3 N–H and O–H groups in total. The summed E-state index contributed by atoms with van der Waals surface area (Å²) < 4.78 is 0. The van der Waals surface area contributed by atoms with Crippen molar-refractivity contribution in [3.63, 3.8) is 0 Å². The molecule has 0 aliphatic carbocycles. The smallest absolute Gasteiger partial charge is 0.255 e. The van der Waals surface area contributed by atoms with E-state index in [-0.39, 0.29) is 5.91 Å². The number of primary amides is 1. The van der Waals surface area contributed by atoms with Crippen LogP contribution in [0.2, 0.25) is 0 Å². The van der Waals surface area contributed by atoms with Gasteiger partial charge in [0.05, 0.1) is 23.0 Å². The number of nitrogens with two attached hydrogens (primary N) is 1. The maximum atomic E-state index is 12.2. The van der Waals surface area contributed by atoms with Crippen LogP contribution in [0, 0.1) is 0 Å². The van der Waals surface area contributed by atoms with Crippen molar-refractivity contribution in [2.75, 3.05) is 5.32 Å². The van der Waals surface area contributed by atoms with Gasteiger partial charge in [-0.1, -0.05) is 36.4 Å². The third-order valence-corrected chi connectivity index (χ3v) is 4.31. The van der Waals surface area contributed by atoms with Crippen LogP contribution in [0.5, 0.6) is 0 Å². The highest BCUT2D eigenvalue weighted by molar-refractivity contribution is 6.05. The number of amides is 2. The van der Waals surface area contributed by atoms with Crippen LogP contribution in [0.4, 0.5) is 5.69 Å². The van der Waals surface area contributed by atoms with E-state index >= 15 is 0 Å². The third-order valence-electron chi connectivity index (χ3n) is 4.31. The van der Waals surface area contributed by atoms with E-state index in [4.69, 9.17) is 5.73 Å². The molecule has 0 atom stereocenters. The van der Waals surface area contributed by atoms with Gasteiger partial charge in [0.2, 0.25) is 0 Å². The van der Waals surface area contributed by atoms with Gasteiger partial charge in [0.25, 0.3) is 11.8 Å². The first-order chi connectivity index (χ1) is 13.6. The number of carbonyl (C=O) groups is 2. The van der Waals surface area contributed by atoms with Crippen LogP contribution >= 0.6 is 0 Å². The molecule has 2 amide bonds. The number of benzene rings is 3. The van der Waals surface area contributed by atoms with E-state index in [9.17, 15) is 9.59 Å². The average Bonchev–Trinajstić information content (AvgIpc) is 2.74. The van der Waals surface area contributed by atoms with Gasteiger partial charge >= 0.3 is 0 Å². The van der Waals surface area contributed by atoms with E-state index < -0.39 is 5.91 Å². The number of anilines is 1. The van der Waals surface area contributed by atoms with Gasteiger partial charge in [-0.2, -0.15) is 0 Å². The van der Waals surface area contributed by atoms with Crippen LogP contribution in [0.3, 0.4) is 0 Å². The lowest BCUT2D eigenvalue weighted by molar-refractivity contribution is 0.0999. The zero-order valence-corrected chi connectivity index (χ0v) is 14.8. The predicted molar refractivity (Wildman–Crippen MR) is 108 cm³/mol. The van der Waals surface area contributed by atoms with E-state index in [0.29, 0.717) is 33.5 Å². The van der Waals surface area contributed by atoms with Crippen molar-refractivity contribution >= 4 is 28.5 Å². The number of carbonyl (C=O) groups excluding carboxylic acids is 2. The molecule has 1 aromatic heterocycles. The molecule has 4 rings (SSSR count). The SMILES string of the molecule is NC(=O)c1cccc2ncc(-c3ccc(NC(=O)c4ccccc4)cc3)nc12. The number of rotatable bonds is 4. The summed E-state index contributed by atoms with van der Waals surface area (Å²) >= 11 is 0. The molecular weight excluding hydrogens is 352 g/mol. The molecule has 0 radical (unpaired) electrons. The predicted octanol–water partition coefficient (Wildman–Crippen LogP) is 3.65. The molecule has 4 aromatic rings. The Kier molecular flexibility index (Phi) is 4.51. The number of nitrogens with zero attached hydrogens (tertiary/aromatic N) is 2. The number of para-hydroxylation sites is 1. The number of fused-ring (bicyclic) bond motifs is 1. The Hall–Kier alpha value is -4.06. The maximum absolute atomic E-state index is 12.2. The normalized spacial score (nSPS) is 10.6. The fraction of sp³-hybridized carbons (Fsp3) is 0. The Morgan fingerprint density at radius 1 is 0.857 bits per heavy atom. The first-order valence-electron chi connectivity index (χ1n) is 8.64.